The molecule has 0 aliphatic carbocycles. The highest BCUT2D eigenvalue weighted by molar-refractivity contribution is 6.04. The van der Waals surface area contributed by atoms with Crippen LogP contribution >= 0.6 is 0 Å². The minimum atomic E-state index is -0.844. The number of halogens is 1. The van der Waals surface area contributed by atoms with Gasteiger partial charge in [-0.2, -0.15) is 0 Å². The number of aryl methyl sites for hydroxylation is 1. The van der Waals surface area contributed by atoms with Crippen molar-refractivity contribution in [1.29, 1.82) is 0 Å². The molecule has 0 aliphatic rings. The number of carboxylic acids is 1. The van der Waals surface area contributed by atoms with Gasteiger partial charge in [-0.1, -0.05) is 12.1 Å². The average molecular weight is 287 g/mol. The quantitative estimate of drug-likeness (QED) is 0.888. The molecule has 2 rings (SSSR count). The van der Waals surface area contributed by atoms with E-state index in [1.165, 1.54) is 24.3 Å². The minimum Gasteiger partial charge on any atom is -0.481 e. The van der Waals surface area contributed by atoms with Crippen LogP contribution in [0.5, 0.6) is 0 Å². The number of amides is 1. The van der Waals surface area contributed by atoms with Crippen LogP contribution in [0.3, 0.4) is 0 Å². The number of carbonyl (C=O) groups is 2. The fraction of sp³-hybridized carbons (Fsp3) is 0.125. The standard InChI is InChI=1S/C16H14FNO3/c17-13-6-4-12(5-7-13)16(21)18-14-8-1-11(2-9-14)3-10-15(19)20/h1-2,4-9H,3,10H2,(H,18,21)(H,19,20). The summed E-state index contributed by atoms with van der Waals surface area (Å²) in [5.41, 5.74) is 1.85. The summed E-state index contributed by atoms with van der Waals surface area (Å²) in [6.45, 7) is 0. The van der Waals surface area contributed by atoms with Gasteiger partial charge in [0.15, 0.2) is 0 Å². The van der Waals surface area contributed by atoms with Crippen LogP contribution in [0, 0.1) is 5.82 Å². The van der Waals surface area contributed by atoms with Crippen molar-refractivity contribution < 1.29 is 19.1 Å². The fourth-order valence-electron chi connectivity index (χ4n) is 1.81. The molecule has 0 aromatic heterocycles. The molecular formula is C16H14FNO3. The van der Waals surface area contributed by atoms with Gasteiger partial charge in [0, 0.05) is 17.7 Å². The van der Waals surface area contributed by atoms with E-state index in [4.69, 9.17) is 5.11 Å². The lowest BCUT2D eigenvalue weighted by Gasteiger charge is -2.06. The fourth-order valence-corrected chi connectivity index (χ4v) is 1.81. The Bertz CT molecular complexity index is 636. The van der Waals surface area contributed by atoms with Crippen LogP contribution in [0.1, 0.15) is 22.3 Å². The van der Waals surface area contributed by atoms with Gasteiger partial charge < -0.3 is 10.4 Å². The van der Waals surface area contributed by atoms with Gasteiger partial charge in [-0.05, 0) is 48.4 Å². The van der Waals surface area contributed by atoms with Crippen LogP contribution in [0.4, 0.5) is 10.1 Å². The summed E-state index contributed by atoms with van der Waals surface area (Å²) in [6, 6.07) is 12.2. The first-order chi connectivity index (χ1) is 10.0. The van der Waals surface area contributed by atoms with Gasteiger partial charge in [-0.25, -0.2) is 4.39 Å². The van der Waals surface area contributed by atoms with Crippen molar-refractivity contribution in [3.05, 3.63) is 65.5 Å². The van der Waals surface area contributed by atoms with Gasteiger partial charge in [0.1, 0.15) is 5.82 Å². The summed E-state index contributed by atoms with van der Waals surface area (Å²) >= 11 is 0. The van der Waals surface area contributed by atoms with Crippen molar-refractivity contribution in [1.82, 2.24) is 0 Å². The van der Waals surface area contributed by atoms with E-state index in [0.717, 1.165) is 5.56 Å². The maximum absolute atomic E-state index is 12.8. The molecule has 0 atom stereocenters. The highest BCUT2D eigenvalue weighted by Crippen LogP contribution is 2.13. The van der Waals surface area contributed by atoms with Crippen molar-refractivity contribution in [3.63, 3.8) is 0 Å². The Balaban J connectivity index is 1.98. The van der Waals surface area contributed by atoms with Gasteiger partial charge in [-0.15, -0.1) is 0 Å². The van der Waals surface area contributed by atoms with Crippen molar-refractivity contribution in [3.8, 4) is 0 Å². The molecule has 2 N–H and O–H groups in total. The molecule has 5 heteroatoms. The van der Waals surface area contributed by atoms with Crippen LogP contribution < -0.4 is 5.32 Å². The van der Waals surface area contributed by atoms with E-state index in [-0.39, 0.29) is 12.3 Å². The Labute approximate surface area is 121 Å². The number of carboxylic acid groups (broad SMARTS) is 1. The van der Waals surface area contributed by atoms with Crippen LogP contribution in [-0.4, -0.2) is 17.0 Å². The van der Waals surface area contributed by atoms with Crippen molar-refractivity contribution in [2.45, 2.75) is 12.8 Å². The van der Waals surface area contributed by atoms with E-state index in [2.05, 4.69) is 5.32 Å². The van der Waals surface area contributed by atoms with Gasteiger partial charge in [-0.3, -0.25) is 9.59 Å². The summed E-state index contributed by atoms with van der Waals surface area (Å²) in [7, 11) is 0. The lowest BCUT2D eigenvalue weighted by molar-refractivity contribution is -0.136. The molecule has 108 valence electrons. The molecule has 21 heavy (non-hydrogen) atoms. The van der Waals surface area contributed by atoms with E-state index < -0.39 is 11.8 Å². The van der Waals surface area contributed by atoms with E-state index in [9.17, 15) is 14.0 Å². The molecule has 1 amide bonds. The normalized spacial score (nSPS) is 10.1. The van der Waals surface area contributed by atoms with Crippen molar-refractivity contribution in [2.75, 3.05) is 5.32 Å². The average Bonchev–Trinajstić information content (AvgIpc) is 2.47. The number of aliphatic carboxylic acids is 1. The van der Waals surface area contributed by atoms with Crippen LogP contribution in [0.2, 0.25) is 0 Å². The zero-order chi connectivity index (χ0) is 15.2. The second-order valence-corrected chi connectivity index (χ2v) is 4.55. The minimum absolute atomic E-state index is 0.0707. The van der Waals surface area contributed by atoms with Gasteiger partial charge in [0.2, 0.25) is 0 Å². The van der Waals surface area contributed by atoms with Gasteiger partial charge >= 0.3 is 5.97 Å². The molecule has 0 heterocycles. The second kappa shape index (κ2) is 6.65. The van der Waals surface area contributed by atoms with Crippen molar-refractivity contribution in [2.24, 2.45) is 0 Å². The number of nitrogens with one attached hydrogen (secondary N) is 1. The predicted octanol–water partition coefficient (Wildman–Crippen LogP) is 3.10. The van der Waals surface area contributed by atoms with E-state index in [1.807, 2.05) is 0 Å². The molecule has 2 aromatic carbocycles. The third-order valence-electron chi connectivity index (χ3n) is 2.95. The molecule has 0 bridgehead atoms. The molecule has 0 unspecified atom stereocenters. The number of benzene rings is 2. The van der Waals surface area contributed by atoms with Crippen LogP contribution in [0.25, 0.3) is 0 Å². The summed E-state index contributed by atoms with van der Waals surface area (Å²) in [5, 5.41) is 11.3. The molecule has 0 fully saturated rings. The van der Waals surface area contributed by atoms with Crippen LogP contribution in [-0.2, 0) is 11.2 Å². The highest BCUT2D eigenvalue weighted by atomic mass is 19.1. The zero-order valence-electron chi connectivity index (χ0n) is 11.2. The molecule has 0 saturated heterocycles. The number of anilines is 1. The Morgan fingerprint density at radius 3 is 2.19 bits per heavy atom. The van der Waals surface area contributed by atoms with Gasteiger partial charge in [0.25, 0.3) is 5.91 Å². The number of hydrogen-bond acceptors (Lipinski definition) is 2. The summed E-state index contributed by atoms with van der Waals surface area (Å²) < 4.78 is 12.8. The molecule has 0 aliphatic heterocycles. The Morgan fingerprint density at radius 1 is 1.00 bits per heavy atom. The smallest absolute Gasteiger partial charge is 0.303 e. The maximum Gasteiger partial charge on any atom is 0.303 e. The zero-order valence-corrected chi connectivity index (χ0v) is 11.2. The van der Waals surface area contributed by atoms with E-state index >= 15 is 0 Å². The lowest BCUT2D eigenvalue weighted by atomic mass is 10.1. The molecule has 2 aromatic rings. The third-order valence-corrected chi connectivity index (χ3v) is 2.95. The molecule has 0 spiro atoms. The largest absolute Gasteiger partial charge is 0.481 e. The Morgan fingerprint density at radius 2 is 1.62 bits per heavy atom. The Hall–Kier alpha value is -2.69. The molecule has 0 radical (unpaired) electrons. The Kier molecular flexibility index (Phi) is 4.66. The predicted molar refractivity (Wildman–Crippen MR) is 76.8 cm³/mol. The first-order valence-corrected chi connectivity index (χ1v) is 6.42. The summed E-state index contributed by atoms with van der Waals surface area (Å²) in [4.78, 5) is 22.4. The van der Waals surface area contributed by atoms with E-state index in [1.54, 1.807) is 24.3 Å². The third kappa shape index (κ3) is 4.42. The van der Waals surface area contributed by atoms with Gasteiger partial charge in [0.05, 0.1) is 0 Å². The topological polar surface area (TPSA) is 66.4 Å². The SMILES string of the molecule is O=C(O)CCc1ccc(NC(=O)c2ccc(F)cc2)cc1. The molecule has 4 nitrogen and oxygen atoms in total. The first kappa shape index (κ1) is 14.7. The lowest BCUT2D eigenvalue weighted by Crippen LogP contribution is -2.11. The van der Waals surface area contributed by atoms with Crippen LogP contribution in [0.15, 0.2) is 48.5 Å². The van der Waals surface area contributed by atoms with Crippen molar-refractivity contribution >= 4 is 17.6 Å². The molecular weight excluding hydrogens is 273 g/mol. The number of rotatable bonds is 5. The number of carbonyl (C=O) groups excluding carboxylic acids is 1. The number of hydrogen-bond donors (Lipinski definition) is 2. The molecule has 0 saturated carbocycles. The van der Waals surface area contributed by atoms with E-state index in [0.29, 0.717) is 17.7 Å². The maximum atomic E-state index is 12.8. The first-order valence-electron chi connectivity index (χ1n) is 6.42. The second-order valence-electron chi connectivity index (χ2n) is 4.55. The highest BCUT2D eigenvalue weighted by Gasteiger charge is 2.06. The summed E-state index contributed by atoms with van der Waals surface area (Å²) in [5.74, 6) is -1.56. The monoisotopic (exact) mass is 287 g/mol. The summed E-state index contributed by atoms with van der Waals surface area (Å²) in [6.07, 6.45) is 0.517.